The topological polar surface area (TPSA) is 75.3 Å². The van der Waals surface area contributed by atoms with Gasteiger partial charge in [0, 0.05) is 12.6 Å². The molecule has 0 aliphatic heterocycles. The minimum atomic E-state index is -0.0908. The molecule has 0 heterocycles. The number of rotatable bonds is 6. The van der Waals surface area contributed by atoms with Crippen LogP contribution in [0.5, 0.6) is 5.75 Å². The van der Waals surface area contributed by atoms with Gasteiger partial charge < -0.3 is 16.2 Å². The van der Waals surface area contributed by atoms with Gasteiger partial charge in [-0.1, -0.05) is 42.5 Å². The lowest BCUT2D eigenvalue weighted by Crippen LogP contribution is -2.42. The molecular formula is C17H20N2O2. The SMILES string of the molecule is NCC(Cc1ccccc1)NC(=O)Cc1cccc(O)c1. The number of aromatic hydroxyl groups is 1. The molecule has 0 aromatic heterocycles. The molecule has 4 heteroatoms. The summed E-state index contributed by atoms with van der Waals surface area (Å²) >= 11 is 0. The third-order valence-corrected chi connectivity index (χ3v) is 3.25. The predicted molar refractivity (Wildman–Crippen MR) is 82.9 cm³/mol. The Bertz CT molecular complexity index is 584. The van der Waals surface area contributed by atoms with Crippen LogP contribution in [0.4, 0.5) is 0 Å². The molecule has 1 amide bonds. The summed E-state index contributed by atoms with van der Waals surface area (Å²) in [4.78, 5) is 12.0. The summed E-state index contributed by atoms with van der Waals surface area (Å²) in [6.45, 7) is 0.390. The Kier molecular flexibility index (Phi) is 5.35. The van der Waals surface area contributed by atoms with Crippen LogP contribution in [-0.4, -0.2) is 23.6 Å². The third-order valence-electron chi connectivity index (χ3n) is 3.25. The average Bonchev–Trinajstić information content (AvgIpc) is 2.47. The zero-order chi connectivity index (χ0) is 15.1. The Morgan fingerprint density at radius 1 is 1.10 bits per heavy atom. The van der Waals surface area contributed by atoms with Gasteiger partial charge in [-0.15, -0.1) is 0 Å². The van der Waals surface area contributed by atoms with Crippen molar-refractivity contribution < 1.29 is 9.90 Å². The molecule has 0 bridgehead atoms. The van der Waals surface area contributed by atoms with Crippen molar-refractivity contribution in [3.05, 3.63) is 65.7 Å². The standard InChI is InChI=1S/C17H20N2O2/c18-12-15(9-13-5-2-1-3-6-13)19-17(21)11-14-7-4-8-16(20)10-14/h1-8,10,15,20H,9,11-12,18H2,(H,19,21). The first-order chi connectivity index (χ1) is 10.2. The second-order valence-corrected chi connectivity index (χ2v) is 5.04. The van der Waals surface area contributed by atoms with E-state index in [1.165, 1.54) is 0 Å². The number of amides is 1. The van der Waals surface area contributed by atoms with Crippen LogP contribution in [0.15, 0.2) is 54.6 Å². The normalized spacial score (nSPS) is 11.9. The fraction of sp³-hybridized carbons (Fsp3) is 0.235. The smallest absolute Gasteiger partial charge is 0.224 e. The molecule has 1 atom stereocenters. The number of carbonyl (C=O) groups excluding carboxylic acids is 1. The maximum absolute atomic E-state index is 12.0. The highest BCUT2D eigenvalue weighted by molar-refractivity contribution is 5.79. The molecule has 110 valence electrons. The number of hydrogen-bond donors (Lipinski definition) is 3. The van der Waals surface area contributed by atoms with Crippen LogP contribution < -0.4 is 11.1 Å². The van der Waals surface area contributed by atoms with Crippen LogP contribution >= 0.6 is 0 Å². The summed E-state index contributed by atoms with van der Waals surface area (Å²) in [6, 6.07) is 16.6. The van der Waals surface area contributed by atoms with Crippen LogP contribution in [0.3, 0.4) is 0 Å². The van der Waals surface area contributed by atoms with Crippen molar-refractivity contribution in [3.63, 3.8) is 0 Å². The summed E-state index contributed by atoms with van der Waals surface area (Å²) in [5.74, 6) is 0.0759. The maximum Gasteiger partial charge on any atom is 0.224 e. The number of benzene rings is 2. The average molecular weight is 284 g/mol. The lowest BCUT2D eigenvalue weighted by Gasteiger charge is -2.17. The molecule has 1 unspecified atom stereocenters. The minimum absolute atomic E-state index is 0.0859. The molecule has 4 nitrogen and oxygen atoms in total. The van der Waals surface area contributed by atoms with Crippen molar-refractivity contribution in [2.75, 3.05) is 6.54 Å². The molecule has 2 rings (SSSR count). The summed E-state index contributed by atoms with van der Waals surface area (Å²) in [7, 11) is 0. The first-order valence-corrected chi connectivity index (χ1v) is 6.98. The van der Waals surface area contributed by atoms with Crippen molar-refractivity contribution in [2.45, 2.75) is 18.9 Å². The number of phenolic OH excluding ortho intramolecular Hbond substituents is 1. The van der Waals surface area contributed by atoms with E-state index >= 15 is 0 Å². The Hall–Kier alpha value is -2.33. The Labute approximate surface area is 124 Å². The highest BCUT2D eigenvalue weighted by Crippen LogP contribution is 2.11. The molecule has 0 saturated heterocycles. The van der Waals surface area contributed by atoms with Crippen LogP contribution in [0.1, 0.15) is 11.1 Å². The van der Waals surface area contributed by atoms with E-state index in [1.807, 2.05) is 36.4 Å². The lowest BCUT2D eigenvalue weighted by atomic mass is 10.1. The first kappa shape index (κ1) is 15.1. The van der Waals surface area contributed by atoms with Crippen molar-refractivity contribution in [1.29, 1.82) is 0 Å². The van der Waals surface area contributed by atoms with E-state index in [2.05, 4.69) is 5.32 Å². The highest BCUT2D eigenvalue weighted by atomic mass is 16.3. The van der Waals surface area contributed by atoms with E-state index in [1.54, 1.807) is 18.2 Å². The van der Waals surface area contributed by atoms with Crippen LogP contribution in [0, 0.1) is 0 Å². The van der Waals surface area contributed by atoms with E-state index in [0.717, 1.165) is 11.1 Å². The molecule has 0 radical (unpaired) electrons. The van der Waals surface area contributed by atoms with Gasteiger partial charge in [0.2, 0.25) is 5.91 Å². The van der Waals surface area contributed by atoms with Gasteiger partial charge in [0.05, 0.1) is 6.42 Å². The number of carbonyl (C=O) groups is 1. The van der Waals surface area contributed by atoms with E-state index < -0.39 is 0 Å². The maximum atomic E-state index is 12.0. The minimum Gasteiger partial charge on any atom is -0.508 e. The molecular weight excluding hydrogens is 264 g/mol. The predicted octanol–water partition coefficient (Wildman–Crippen LogP) is 1.62. The fourth-order valence-corrected chi connectivity index (χ4v) is 2.22. The van der Waals surface area contributed by atoms with Crippen molar-refractivity contribution in [2.24, 2.45) is 5.73 Å². The largest absolute Gasteiger partial charge is 0.508 e. The molecule has 2 aromatic carbocycles. The fourth-order valence-electron chi connectivity index (χ4n) is 2.22. The van der Waals surface area contributed by atoms with Gasteiger partial charge in [0.25, 0.3) is 0 Å². The van der Waals surface area contributed by atoms with Crippen LogP contribution in [-0.2, 0) is 17.6 Å². The number of hydrogen-bond acceptors (Lipinski definition) is 3. The summed E-state index contributed by atoms with van der Waals surface area (Å²) in [6.07, 6.45) is 0.947. The molecule has 0 spiro atoms. The van der Waals surface area contributed by atoms with Gasteiger partial charge >= 0.3 is 0 Å². The zero-order valence-corrected chi connectivity index (χ0v) is 11.8. The first-order valence-electron chi connectivity index (χ1n) is 6.98. The second-order valence-electron chi connectivity index (χ2n) is 5.04. The molecule has 21 heavy (non-hydrogen) atoms. The number of nitrogens with one attached hydrogen (secondary N) is 1. The van der Waals surface area contributed by atoms with Crippen molar-refractivity contribution in [3.8, 4) is 5.75 Å². The van der Waals surface area contributed by atoms with E-state index in [9.17, 15) is 9.90 Å². The second kappa shape index (κ2) is 7.45. The molecule has 0 fully saturated rings. The van der Waals surface area contributed by atoms with Crippen molar-refractivity contribution >= 4 is 5.91 Å². The molecule has 0 aliphatic carbocycles. The van der Waals surface area contributed by atoms with E-state index in [-0.39, 0.29) is 24.1 Å². The highest BCUT2D eigenvalue weighted by Gasteiger charge is 2.12. The summed E-state index contributed by atoms with van der Waals surface area (Å²) < 4.78 is 0. The van der Waals surface area contributed by atoms with E-state index in [4.69, 9.17) is 5.73 Å². The Morgan fingerprint density at radius 3 is 2.48 bits per heavy atom. The third kappa shape index (κ3) is 4.93. The molecule has 0 aliphatic rings. The number of nitrogens with two attached hydrogens (primary N) is 1. The molecule has 4 N–H and O–H groups in total. The van der Waals surface area contributed by atoms with Gasteiger partial charge in [-0.05, 0) is 29.7 Å². The van der Waals surface area contributed by atoms with Gasteiger partial charge in [-0.2, -0.15) is 0 Å². The Morgan fingerprint density at radius 2 is 1.81 bits per heavy atom. The summed E-state index contributed by atoms with van der Waals surface area (Å²) in [5.41, 5.74) is 7.66. The van der Waals surface area contributed by atoms with Crippen LogP contribution in [0.25, 0.3) is 0 Å². The van der Waals surface area contributed by atoms with E-state index in [0.29, 0.717) is 13.0 Å². The van der Waals surface area contributed by atoms with Crippen LogP contribution in [0.2, 0.25) is 0 Å². The lowest BCUT2D eigenvalue weighted by molar-refractivity contribution is -0.121. The van der Waals surface area contributed by atoms with Gasteiger partial charge in [0.15, 0.2) is 0 Å². The quantitative estimate of drug-likeness (QED) is 0.754. The molecule has 0 saturated carbocycles. The van der Waals surface area contributed by atoms with Crippen molar-refractivity contribution in [1.82, 2.24) is 5.32 Å². The monoisotopic (exact) mass is 284 g/mol. The molecule has 2 aromatic rings. The number of phenols is 1. The van der Waals surface area contributed by atoms with Gasteiger partial charge in [-0.3, -0.25) is 4.79 Å². The zero-order valence-electron chi connectivity index (χ0n) is 11.8. The summed E-state index contributed by atoms with van der Waals surface area (Å²) in [5, 5.41) is 12.3. The van der Waals surface area contributed by atoms with Gasteiger partial charge in [-0.25, -0.2) is 0 Å². The Balaban J connectivity index is 1.90. The van der Waals surface area contributed by atoms with Gasteiger partial charge in [0.1, 0.15) is 5.75 Å².